The molecule has 0 unspecified atom stereocenters. The number of nitrogens with zero attached hydrogens (tertiary/aromatic N) is 1. The van der Waals surface area contributed by atoms with E-state index in [1.165, 1.54) is 4.90 Å². The van der Waals surface area contributed by atoms with E-state index in [1.54, 1.807) is 31.3 Å². The van der Waals surface area contributed by atoms with Gasteiger partial charge in [-0.05, 0) is 58.9 Å². The highest BCUT2D eigenvalue weighted by Gasteiger charge is 2.17. The van der Waals surface area contributed by atoms with E-state index in [0.717, 1.165) is 5.75 Å². The summed E-state index contributed by atoms with van der Waals surface area (Å²) < 4.78 is 5.54. The van der Waals surface area contributed by atoms with Crippen LogP contribution in [-0.4, -0.2) is 42.1 Å². The molecule has 0 aliphatic carbocycles. The van der Waals surface area contributed by atoms with Crippen LogP contribution in [0.1, 0.15) is 34.6 Å². The third kappa shape index (κ3) is 7.54. The smallest absolute Gasteiger partial charge is 0.322 e. The highest BCUT2D eigenvalue weighted by Crippen LogP contribution is 2.17. The minimum Gasteiger partial charge on any atom is -0.491 e. The molecule has 1 aromatic rings. The molecule has 6 nitrogen and oxygen atoms in total. The number of urea groups is 1. The molecule has 0 aromatic heterocycles. The van der Waals surface area contributed by atoms with Crippen molar-refractivity contribution in [2.75, 3.05) is 18.9 Å². The zero-order valence-corrected chi connectivity index (χ0v) is 14.8. The van der Waals surface area contributed by atoms with Crippen LogP contribution in [0.15, 0.2) is 24.3 Å². The Morgan fingerprint density at radius 2 is 1.74 bits per heavy atom. The Bertz CT molecular complexity index is 533. The van der Waals surface area contributed by atoms with Crippen molar-refractivity contribution in [2.45, 2.75) is 46.3 Å². The number of nitrogens with one attached hydrogen (secondary N) is 2. The lowest BCUT2D eigenvalue weighted by atomic mass is 10.1. The average Bonchev–Trinajstić information content (AvgIpc) is 2.37. The summed E-state index contributed by atoms with van der Waals surface area (Å²) in [5.41, 5.74) is 0.329. The second-order valence-electron chi connectivity index (χ2n) is 6.78. The fourth-order valence-corrected chi connectivity index (χ4v) is 1.85. The molecule has 0 atom stereocenters. The van der Waals surface area contributed by atoms with E-state index in [9.17, 15) is 9.59 Å². The maximum absolute atomic E-state index is 12.1. The first-order chi connectivity index (χ1) is 10.6. The standard InChI is InChI=1S/C17H27N3O3/c1-12(2)23-14-9-7-13(8-10-14)18-16(22)20(6)11-15(21)19-17(3,4)5/h7-10,12H,11H2,1-6H3,(H,18,22)(H,19,21). The minimum absolute atomic E-state index is 0.00233. The van der Waals surface area contributed by atoms with Crippen LogP contribution in [0.5, 0.6) is 5.75 Å². The van der Waals surface area contributed by atoms with Crippen LogP contribution in [0.3, 0.4) is 0 Å². The summed E-state index contributed by atoms with van der Waals surface area (Å²) in [6.07, 6.45) is 0.0999. The lowest BCUT2D eigenvalue weighted by molar-refractivity contribution is -0.122. The molecule has 0 aliphatic rings. The number of rotatable bonds is 5. The minimum atomic E-state index is -0.341. The van der Waals surface area contributed by atoms with Gasteiger partial charge in [-0.15, -0.1) is 0 Å². The lowest BCUT2D eigenvalue weighted by Gasteiger charge is -2.23. The summed E-state index contributed by atoms with van der Waals surface area (Å²) in [5, 5.41) is 5.56. The van der Waals surface area contributed by atoms with Gasteiger partial charge in [0.15, 0.2) is 0 Å². The first-order valence-corrected chi connectivity index (χ1v) is 7.66. The molecular weight excluding hydrogens is 294 g/mol. The normalized spacial score (nSPS) is 11.1. The molecule has 0 saturated carbocycles. The van der Waals surface area contributed by atoms with Gasteiger partial charge >= 0.3 is 6.03 Å². The van der Waals surface area contributed by atoms with E-state index < -0.39 is 0 Å². The van der Waals surface area contributed by atoms with Gasteiger partial charge in [0.2, 0.25) is 5.91 Å². The predicted octanol–water partition coefficient (Wildman–Crippen LogP) is 2.85. The summed E-state index contributed by atoms with van der Waals surface area (Å²) in [6, 6.07) is 6.77. The molecule has 0 heterocycles. The summed E-state index contributed by atoms with van der Waals surface area (Å²) in [5.74, 6) is 0.548. The Kier molecular flexibility index (Phi) is 6.42. The monoisotopic (exact) mass is 321 g/mol. The number of carbonyl (C=O) groups excluding carboxylic acids is 2. The van der Waals surface area contributed by atoms with E-state index in [2.05, 4.69) is 10.6 Å². The second-order valence-corrected chi connectivity index (χ2v) is 6.78. The molecule has 6 heteroatoms. The number of anilines is 1. The van der Waals surface area contributed by atoms with Crippen LogP contribution in [0, 0.1) is 0 Å². The van der Waals surface area contributed by atoms with Crippen molar-refractivity contribution in [1.82, 2.24) is 10.2 Å². The van der Waals surface area contributed by atoms with E-state index in [1.807, 2.05) is 34.6 Å². The van der Waals surface area contributed by atoms with Gasteiger partial charge in [0, 0.05) is 18.3 Å². The van der Waals surface area contributed by atoms with Gasteiger partial charge in [-0.2, -0.15) is 0 Å². The van der Waals surface area contributed by atoms with Crippen LogP contribution in [0.4, 0.5) is 10.5 Å². The lowest BCUT2D eigenvalue weighted by Crippen LogP contribution is -2.47. The van der Waals surface area contributed by atoms with E-state index >= 15 is 0 Å². The maximum atomic E-state index is 12.1. The van der Waals surface area contributed by atoms with Gasteiger partial charge in [0.25, 0.3) is 0 Å². The molecule has 23 heavy (non-hydrogen) atoms. The zero-order chi connectivity index (χ0) is 17.6. The summed E-state index contributed by atoms with van der Waals surface area (Å²) in [4.78, 5) is 25.2. The third-order valence-corrected chi connectivity index (χ3v) is 2.72. The number of hydrogen-bond acceptors (Lipinski definition) is 3. The van der Waals surface area contributed by atoms with E-state index in [0.29, 0.717) is 5.69 Å². The van der Waals surface area contributed by atoms with Gasteiger partial charge < -0.3 is 20.3 Å². The molecule has 0 bridgehead atoms. The largest absolute Gasteiger partial charge is 0.491 e. The van der Waals surface area contributed by atoms with Gasteiger partial charge in [-0.3, -0.25) is 4.79 Å². The van der Waals surface area contributed by atoms with Crippen molar-refractivity contribution in [3.8, 4) is 5.75 Å². The molecule has 3 amide bonds. The number of amides is 3. The highest BCUT2D eigenvalue weighted by atomic mass is 16.5. The molecule has 0 spiro atoms. The van der Waals surface area contributed by atoms with E-state index in [4.69, 9.17) is 4.74 Å². The first-order valence-electron chi connectivity index (χ1n) is 7.66. The fraction of sp³-hybridized carbons (Fsp3) is 0.529. The molecule has 0 fully saturated rings. The van der Waals surface area contributed by atoms with Gasteiger partial charge in [-0.1, -0.05) is 0 Å². The van der Waals surface area contributed by atoms with Crippen LogP contribution in [0.25, 0.3) is 0 Å². The van der Waals surface area contributed by atoms with Crippen molar-refractivity contribution >= 4 is 17.6 Å². The zero-order valence-electron chi connectivity index (χ0n) is 14.8. The molecule has 1 rings (SSSR count). The highest BCUT2D eigenvalue weighted by molar-refractivity contribution is 5.92. The quantitative estimate of drug-likeness (QED) is 0.876. The summed E-state index contributed by atoms with van der Waals surface area (Å²) in [6.45, 7) is 9.58. The number of hydrogen-bond donors (Lipinski definition) is 2. The number of ether oxygens (including phenoxy) is 1. The Morgan fingerprint density at radius 1 is 1.17 bits per heavy atom. The Hall–Kier alpha value is -2.24. The number of carbonyl (C=O) groups is 2. The van der Waals surface area contributed by atoms with E-state index in [-0.39, 0.29) is 30.1 Å². The number of likely N-dealkylation sites (N-methyl/N-ethyl adjacent to an activating group) is 1. The van der Waals surface area contributed by atoms with Crippen molar-refractivity contribution in [2.24, 2.45) is 0 Å². The van der Waals surface area contributed by atoms with Crippen LogP contribution in [0.2, 0.25) is 0 Å². The van der Waals surface area contributed by atoms with Crippen LogP contribution in [-0.2, 0) is 4.79 Å². The molecule has 0 aliphatic heterocycles. The molecular formula is C17H27N3O3. The number of benzene rings is 1. The van der Waals surface area contributed by atoms with Gasteiger partial charge in [0.05, 0.1) is 6.10 Å². The maximum Gasteiger partial charge on any atom is 0.322 e. The molecule has 2 N–H and O–H groups in total. The van der Waals surface area contributed by atoms with Crippen LogP contribution < -0.4 is 15.4 Å². The molecule has 1 aromatic carbocycles. The average molecular weight is 321 g/mol. The molecule has 0 saturated heterocycles. The second kappa shape index (κ2) is 7.85. The van der Waals surface area contributed by atoms with Crippen molar-refractivity contribution in [3.05, 3.63) is 24.3 Å². The van der Waals surface area contributed by atoms with Crippen molar-refractivity contribution in [3.63, 3.8) is 0 Å². The topological polar surface area (TPSA) is 70.7 Å². The molecule has 0 radical (unpaired) electrons. The van der Waals surface area contributed by atoms with Crippen molar-refractivity contribution in [1.29, 1.82) is 0 Å². The Labute approximate surface area is 138 Å². The molecule has 128 valence electrons. The third-order valence-electron chi connectivity index (χ3n) is 2.72. The SMILES string of the molecule is CC(C)Oc1ccc(NC(=O)N(C)CC(=O)NC(C)(C)C)cc1. The Balaban J connectivity index is 2.53. The van der Waals surface area contributed by atoms with Gasteiger partial charge in [0.1, 0.15) is 12.3 Å². The first kappa shape index (κ1) is 18.8. The Morgan fingerprint density at radius 3 is 2.22 bits per heavy atom. The summed E-state index contributed by atoms with van der Waals surface area (Å²) >= 11 is 0. The van der Waals surface area contributed by atoms with Crippen LogP contribution >= 0.6 is 0 Å². The van der Waals surface area contributed by atoms with Gasteiger partial charge in [-0.25, -0.2) is 4.79 Å². The summed E-state index contributed by atoms with van der Waals surface area (Å²) in [7, 11) is 1.58. The predicted molar refractivity (Wildman–Crippen MR) is 91.8 cm³/mol. The van der Waals surface area contributed by atoms with Crippen molar-refractivity contribution < 1.29 is 14.3 Å². The fourth-order valence-electron chi connectivity index (χ4n) is 1.85.